The van der Waals surface area contributed by atoms with Crippen molar-refractivity contribution in [2.75, 3.05) is 10.6 Å². The summed E-state index contributed by atoms with van der Waals surface area (Å²) < 4.78 is 0. The molecule has 4 N–H and O–H groups in total. The van der Waals surface area contributed by atoms with Crippen molar-refractivity contribution in [3.05, 3.63) is 48.5 Å². The molecule has 0 saturated heterocycles. The summed E-state index contributed by atoms with van der Waals surface area (Å²) in [6.07, 6.45) is 0. The third kappa shape index (κ3) is 3.36. The van der Waals surface area contributed by atoms with Crippen LogP contribution in [0, 0.1) is 0 Å². The Morgan fingerprint density at radius 2 is 1.50 bits per heavy atom. The number of thiocarbonyl (C=S) groups is 1. The minimum atomic E-state index is 0.174. The molecule has 0 fully saturated rings. The molecule has 0 aromatic heterocycles. The minimum absolute atomic E-state index is 0.174. The van der Waals surface area contributed by atoms with Crippen LogP contribution in [0.3, 0.4) is 0 Å². The Morgan fingerprint density at radius 1 is 0.833 bits per heavy atom. The summed E-state index contributed by atoms with van der Waals surface area (Å²) in [6, 6.07) is 13.2. The van der Waals surface area contributed by atoms with E-state index in [0.29, 0.717) is 10.8 Å². The molecule has 0 aliphatic carbocycles. The number of hydrogen-bond donors (Lipinski definition) is 4. The molecule has 0 amide bonds. The first-order valence-corrected chi connectivity index (χ1v) is 5.70. The normalized spacial score (nSPS) is 9.78. The highest BCUT2D eigenvalue weighted by atomic mass is 32.1. The van der Waals surface area contributed by atoms with Crippen LogP contribution in [0.5, 0.6) is 11.5 Å². The summed E-state index contributed by atoms with van der Waals surface area (Å²) >= 11 is 5.13. The summed E-state index contributed by atoms with van der Waals surface area (Å²) in [4.78, 5) is 0. The van der Waals surface area contributed by atoms with E-state index < -0.39 is 0 Å². The van der Waals surface area contributed by atoms with E-state index in [1.165, 1.54) is 0 Å². The van der Waals surface area contributed by atoms with Crippen molar-refractivity contribution in [3.63, 3.8) is 0 Å². The van der Waals surface area contributed by atoms with Crippen molar-refractivity contribution in [2.45, 2.75) is 0 Å². The van der Waals surface area contributed by atoms with Crippen LogP contribution in [0.4, 0.5) is 11.4 Å². The van der Waals surface area contributed by atoms with Gasteiger partial charge in [0.15, 0.2) is 5.11 Å². The van der Waals surface area contributed by atoms with Crippen LogP contribution < -0.4 is 10.6 Å². The molecule has 0 bridgehead atoms. The average Bonchev–Trinajstić information content (AvgIpc) is 2.32. The van der Waals surface area contributed by atoms with Gasteiger partial charge in [-0.1, -0.05) is 6.07 Å². The van der Waals surface area contributed by atoms with Gasteiger partial charge in [-0.3, -0.25) is 0 Å². The van der Waals surface area contributed by atoms with E-state index in [4.69, 9.17) is 17.3 Å². The van der Waals surface area contributed by atoms with E-state index in [1.807, 2.05) is 0 Å². The van der Waals surface area contributed by atoms with E-state index in [1.54, 1.807) is 48.5 Å². The van der Waals surface area contributed by atoms with E-state index in [-0.39, 0.29) is 11.5 Å². The van der Waals surface area contributed by atoms with Crippen LogP contribution in [0.2, 0.25) is 0 Å². The number of phenols is 2. The molecule has 0 atom stereocenters. The van der Waals surface area contributed by atoms with Crippen LogP contribution in [0.15, 0.2) is 48.5 Å². The Bertz CT molecular complexity index is 555. The maximum atomic E-state index is 9.31. The minimum Gasteiger partial charge on any atom is -0.508 e. The van der Waals surface area contributed by atoms with Gasteiger partial charge < -0.3 is 20.8 Å². The van der Waals surface area contributed by atoms with Gasteiger partial charge in [0.05, 0.1) is 0 Å². The molecule has 2 aromatic carbocycles. The second-order valence-electron chi connectivity index (χ2n) is 3.68. The number of rotatable bonds is 2. The van der Waals surface area contributed by atoms with E-state index >= 15 is 0 Å². The lowest BCUT2D eigenvalue weighted by Gasteiger charge is -2.10. The molecule has 0 aliphatic rings. The van der Waals surface area contributed by atoms with E-state index in [9.17, 15) is 5.11 Å². The van der Waals surface area contributed by atoms with Crippen molar-refractivity contribution in [1.82, 2.24) is 0 Å². The molecule has 2 rings (SSSR count). The average molecular weight is 260 g/mol. The van der Waals surface area contributed by atoms with Crippen LogP contribution in [0.1, 0.15) is 0 Å². The Labute approximate surface area is 110 Å². The maximum Gasteiger partial charge on any atom is 0.175 e. The third-order valence-corrected chi connectivity index (χ3v) is 2.43. The number of phenolic OH excluding ortho intramolecular Hbond substituents is 2. The summed E-state index contributed by atoms with van der Waals surface area (Å²) in [5.74, 6) is 0.375. The van der Waals surface area contributed by atoms with Gasteiger partial charge in [0.2, 0.25) is 0 Å². The van der Waals surface area contributed by atoms with Crippen LogP contribution >= 0.6 is 12.2 Å². The highest BCUT2D eigenvalue weighted by molar-refractivity contribution is 7.80. The molecule has 0 aliphatic heterocycles. The Hall–Kier alpha value is -2.27. The number of anilines is 2. The first kappa shape index (κ1) is 12.2. The first-order valence-electron chi connectivity index (χ1n) is 5.29. The monoisotopic (exact) mass is 260 g/mol. The largest absolute Gasteiger partial charge is 0.508 e. The smallest absolute Gasteiger partial charge is 0.175 e. The van der Waals surface area contributed by atoms with Crippen molar-refractivity contribution in [2.24, 2.45) is 0 Å². The molecule has 5 heteroatoms. The summed E-state index contributed by atoms with van der Waals surface area (Å²) in [7, 11) is 0. The lowest BCUT2D eigenvalue weighted by atomic mass is 10.3. The van der Waals surface area contributed by atoms with Gasteiger partial charge in [0.1, 0.15) is 11.5 Å². The summed E-state index contributed by atoms with van der Waals surface area (Å²) in [6.45, 7) is 0. The van der Waals surface area contributed by atoms with Gasteiger partial charge in [0, 0.05) is 17.4 Å². The zero-order chi connectivity index (χ0) is 13.0. The van der Waals surface area contributed by atoms with Crippen molar-refractivity contribution >= 4 is 28.7 Å². The predicted octanol–water partition coefficient (Wildman–Crippen LogP) is 2.91. The lowest BCUT2D eigenvalue weighted by Crippen LogP contribution is -2.18. The number of nitrogens with one attached hydrogen (secondary N) is 2. The zero-order valence-electron chi connectivity index (χ0n) is 9.42. The molecule has 4 nitrogen and oxygen atoms in total. The Balaban J connectivity index is 1.98. The predicted molar refractivity (Wildman–Crippen MR) is 76.1 cm³/mol. The highest BCUT2D eigenvalue weighted by Crippen LogP contribution is 2.17. The molecule has 0 spiro atoms. The molecule has 0 heterocycles. The fraction of sp³-hybridized carbons (Fsp3) is 0. The second kappa shape index (κ2) is 5.37. The Morgan fingerprint density at radius 3 is 2.17 bits per heavy atom. The fourth-order valence-electron chi connectivity index (χ4n) is 1.42. The molecule has 92 valence electrons. The van der Waals surface area contributed by atoms with Gasteiger partial charge in [0.25, 0.3) is 0 Å². The first-order chi connectivity index (χ1) is 8.63. The zero-order valence-corrected chi connectivity index (χ0v) is 10.2. The number of hydrogen-bond acceptors (Lipinski definition) is 3. The molecular formula is C13H12N2O2S. The van der Waals surface area contributed by atoms with Crippen LogP contribution in [0.25, 0.3) is 0 Å². The van der Waals surface area contributed by atoms with Gasteiger partial charge >= 0.3 is 0 Å². The summed E-state index contributed by atoms with van der Waals surface area (Å²) in [5, 5.41) is 24.8. The van der Waals surface area contributed by atoms with Gasteiger partial charge in [-0.05, 0) is 48.6 Å². The molecule has 18 heavy (non-hydrogen) atoms. The van der Waals surface area contributed by atoms with E-state index in [0.717, 1.165) is 5.69 Å². The van der Waals surface area contributed by atoms with Crippen LogP contribution in [-0.4, -0.2) is 15.3 Å². The Kier molecular flexibility index (Phi) is 3.64. The molecule has 0 radical (unpaired) electrons. The number of benzene rings is 2. The van der Waals surface area contributed by atoms with E-state index in [2.05, 4.69) is 10.6 Å². The van der Waals surface area contributed by atoms with Crippen molar-refractivity contribution in [3.8, 4) is 11.5 Å². The maximum absolute atomic E-state index is 9.31. The standard InChI is InChI=1S/C13H12N2O2S/c16-11-6-4-9(5-7-11)14-13(18)15-10-2-1-3-12(17)8-10/h1-8,16-17H,(H2,14,15,18). The summed E-state index contributed by atoms with van der Waals surface area (Å²) in [5.41, 5.74) is 1.47. The number of aromatic hydroxyl groups is 2. The highest BCUT2D eigenvalue weighted by Gasteiger charge is 1.99. The molecule has 0 unspecified atom stereocenters. The lowest BCUT2D eigenvalue weighted by molar-refractivity contribution is 0.475. The molecule has 2 aromatic rings. The third-order valence-electron chi connectivity index (χ3n) is 2.23. The topological polar surface area (TPSA) is 64.5 Å². The van der Waals surface area contributed by atoms with Gasteiger partial charge in [-0.15, -0.1) is 0 Å². The van der Waals surface area contributed by atoms with Crippen LogP contribution in [-0.2, 0) is 0 Å². The molecule has 0 saturated carbocycles. The second-order valence-corrected chi connectivity index (χ2v) is 4.08. The quantitative estimate of drug-likeness (QED) is 0.494. The molecular weight excluding hydrogens is 248 g/mol. The van der Waals surface area contributed by atoms with Gasteiger partial charge in [-0.25, -0.2) is 0 Å². The fourth-order valence-corrected chi connectivity index (χ4v) is 1.66. The van der Waals surface area contributed by atoms with Crippen molar-refractivity contribution in [1.29, 1.82) is 0 Å². The van der Waals surface area contributed by atoms with Gasteiger partial charge in [-0.2, -0.15) is 0 Å². The van der Waals surface area contributed by atoms with Crippen molar-refractivity contribution < 1.29 is 10.2 Å². The SMILES string of the molecule is Oc1ccc(NC(=S)Nc2cccc(O)c2)cc1.